The lowest BCUT2D eigenvalue weighted by atomic mass is 10.1. The average molecular weight is 220 g/mol. The number of aliphatic hydroxyl groups excluding tert-OH is 1. The van der Waals surface area contributed by atoms with E-state index in [2.05, 4.69) is 0 Å². The van der Waals surface area contributed by atoms with Gasteiger partial charge in [-0.15, -0.1) is 0 Å². The molecule has 1 aliphatic heterocycles. The summed E-state index contributed by atoms with van der Waals surface area (Å²) in [6.45, 7) is 0. The van der Waals surface area contributed by atoms with Crippen molar-refractivity contribution in [1.82, 2.24) is 0 Å². The molecule has 0 radical (unpaired) electrons. The van der Waals surface area contributed by atoms with Crippen LogP contribution in [0.15, 0.2) is 11.8 Å². The van der Waals surface area contributed by atoms with Gasteiger partial charge in [0.25, 0.3) is 0 Å². The standard InChI is InChI=1S/C8H12O3S2/c9-6(5-8(10)11)1-2-7-3-4-12-13-7/h5,7,9H,1-4H2,(H,10,11)/b6-5-. The minimum atomic E-state index is -1.08. The van der Waals surface area contributed by atoms with Gasteiger partial charge in [0.2, 0.25) is 0 Å². The van der Waals surface area contributed by atoms with Crippen molar-refractivity contribution in [2.45, 2.75) is 24.5 Å². The number of carboxylic acids is 1. The monoisotopic (exact) mass is 220 g/mol. The molecular weight excluding hydrogens is 208 g/mol. The van der Waals surface area contributed by atoms with Crippen molar-refractivity contribution in [3.05, 3.63) is 11.8 Å². The number of carboxylic acid groups (broad SMARTS) is 1. The van der Waals surface area contributed by atoms with Crippen LogP contribution in [0.3, 0.4) is 0 Å². The Morgan fingerprint density at radius 3 is 2.85 bits per heavy atom. The van der Waals surface area contributed by atoms with Crippen LogP contribution >= 0.6 is 21.6 Å². The molecule has 5 heteroatoms. The quantitative estimate of drug-likeness (QED) is 0.433. The van der Waals surface area contributed by atoms with Crippen LogP contribution in [0.4, 0.5) is 0 Å². The summed E-state index contributed by atoms with van der Waals surface area (Å²) in [7, 11) is 3.68. The van der Waals surface area contributed by atoms with Gasteiger partial charge in [-0.1, -0.05) is 21.6 Å². The van der Waals surface area contributed by atoms with E-state index in [0.717, 1.165) is 18.9 Å². The summed E-state index contributed by atoms with van der Waals surface area (Å²) in [5.74, 6) is 0.0644. The highest BCUT2D eigenvalue weighted by atomic mass is 33.1. The molecule has 1 saturated heterocycles. The van der Waals surface area contributed by atoms with E-state index in [9.17, 15) is 4.79 Å². The summed E-state index contributed by atoms with van der Waals surface area (Å²) in [6, 6.07) is 0. The first-order valence-corrected chi connectivity index (χ1v) is 6.47. The molecule has 1 unspecified atom stereocenters. The largest absolute Gasteiger partial charge is 0.512 e. The lowest BCUT2D eigenvalue weighted by Gasteiger charge is -2.05. The summed E-state index contributed by atoms with van der Waals surface area (Å²) in [4.78, 5) is 10.2. The molecule has 0 aromatic carbocycles. The van der Waals surface area contributed by atoms with E-state index in [1.54, 1.807) is 0 Å². The second-order valence-corrected chi connectivity index (χ2v) is 5.63. The number of hydrogen-bond donors (Lipinski definition) is 2. The van der Waals surface area contributed by atoms with Crippen LogP contribution < -0.4 is 0 Å². The zero-order valence-corrected chi connectivity index (χ0v) is 8.74. The summed E-state index contributed by atoms with van der Waals surface area (Å²) in [5.41, 5.74) is 0. The Kier molecular flexibility index (Phi) is 4.52. The highest BCUT2D eigenvalue weighted by molar-refractivity contribution is 8.77. The molecule has 1 atom stereocenters. The van der Waals surface area contributed by atoms with Crippen LogP contribution in [-0.2, 0) is 4.79 Å². The van der Waals surface area contributed by atoms with Gasteiger partial charge in [-0.25, -0.2) is 4.79 Å². The predicted octanol–water partition coefficient (Wildman–Crippen LogP) is 2.45. The molecule has 0 bridgehead atoms. The van der Waals surface area contributed by atoms with Gasteiger partial charge in [-0.2, -0.15) is 0 Å². The van der Waals surface area contributed by atoms with E-state index in [-0.39, 0.29) is 5.76 Å². The fourth-order valence-electron chi connectivity index (χ4n) is 1.09. The number of hydrogen-bond acceptors (Lipinski definition) is 4. The number of aliphatic carboxylic acids is 1. The first-order chi connectivity index (χ1) is 6.18. The van der Waals surface area contributed by atoms with Crippen LogP contribution in [-0.4, -0.2) is 27.2 Å². The molecule has 1 rings (SSSR count). The van der Waals surface area contributed by atoms with Crippen LogP contribution in [0.5, 0.6) is 0 Å². The van der Waals surface area contributed by atoms with E-state index >= 15 is 0 Å². The van der Waals surface area contributed by atoms with Gasteiger partial charge in [0.05, 0.1) is 11.8 Å². The Bertz CT molecular complexity index is 209. The number of allylic oxidation sites excluding steroid dienone is 1. The first kappa shape index (κ1) is 10.8. The molecule has 0 aliphatic carbocycles. The van der Waals surface area contributed by atoms with Gasteiger partial charge >= 0.3 is 5.97 Å². The summed E-state index contributed by atoms with van der Waals surface area (Å²) >= 11 is 0. The van der Waals surface area contributed by atoms with E-state index < -0.39 is 5.97 Å². The van der Waals surface area contributed by atoms with Gasteiger partial charge in [0, 0.05) is 17.4 Å². The lowest BCUT2D eigenvalue weighted by Crippen LogP contribution is -1.99. The molecule has 1 fully saturated rings. The molecule has 2 N–H and O–H groups in total. The zero-order valence-electron chi connectivity index (χ0n) is 7.10. The number of rotatable bonds is 4. The Balaban J connectivity index is 2.21. The molecule has 0 saturated carbocycles. The second kappa shape index (κ2) is 5.44. The SMILES string of the molecule is O=C(O)/C=C(\O)CCC1CCSS1. The van der Waals surface area contributed by atoms with Crippen LogP contribution in [0.1, 0.15) is 19.3 Å². The lowest BCUT2D eigenvalue weighted by molar-refractivity contribution is -0.131. The smallest absolute Gasteiger partial charge is 0.331 e. The van der Waals surface area contributed by atoms with Crippen molar-refractivity contribution in [1.29, 1.82) is 0 Å². The predicted molar refractivity (Wildman–Crippen MR) is 56.0 cm³/mol. The molecule has 0 amide bonds. The Morgan fingerprint density at radius 1 is 1.54 bits per heavy atom. The van der Waals surface area contributed by atoms with E-state index in [4.69, 9.17) is 10.2 Å². The molecule has 0 spiro atoms. The van der Waals surface area contributed by atoms with Gasteiger partial charge in [-0.05, 0) is 12.8 Å². The summed E-state index contributed by atoms with van der Waals surface area (Å²) < 4.78 is 0. The minimum absolute atomic E-state index is 0.0231. The molecule has 3 nitrogen and oxygen atoms in total. The third-order valence-corrected chi connectivity index (χ3v) is 4.75. The topological polar surface area (TPSA) is 57.5 Å². The van der Waals surface area contributed by atoms with Crippen LogP contribution in [0.2, 0.25) is 0 Å². The fourth-order valence-corrected chi connectivity index (χ4v) is 4.07. The minimum Gasteiger partial charge on any atom is -0.512 e. The van der Waals surface area contributed by atoms with Crippen molar-refractivity contribution in [2.24, 2.45) is 0 Å². The molecule has 1 aliphatic rings. The number of aliphatic hydroxyl groups is 1. The summed E-state index contributed by atoms with van der Waals surface area (Å²) in [6.07, 6.45) is 3.38. The van der Waals surface area contributed by atoms with E-state index in [1.165, 1.54) is 5.75 Å². The van der Waals surface area contributed by atoms with Gasteiger partial charge in [0.1, 0.15) is 0 Å². The molecular formula is C8H12O3S2. The van der Waals surface area contributed by atoms with Gasteiger partial charge < -0.3 is 10.2 Å². The molecule has 1 heterocycles. The van der Waals surface area contributed by atoms with Crippen molar-refractivity contribution in [2.75, 3.05) is 5.75 Å². The Morgan fingerprint density at radius 2 is 2.31 bits per heavy atom. The van der Waals surface area contributed by atoms with Gasteiger partial charge in [-0.3, -0.25) is 0 Å². The third-order valence-electron chi connectivity index (χ3n) is 1.74. The van der Waals surface area contributed by atoms with Crippen molar-refractivity contribution in [3.8, 4) is 0 Å². The molecule has 13 heavy (non-hydrogen) atoms. The van der Waals surface area contributed by atoms with Crippen molar-refractivity contribution in [3.63, 3.8) is 0 Å². The third kappa shape index (κ3) is 4.47. The Labute approximate surface area is 85.0 Å². The number of carbonyl (C=O) groups is 1. The maximum atomic E-state index is 10.2. The van der Waals surface area contributed by atoms with Crippen LogP contribution in [0, 0.1) is 0 Å². The van der Waals surface area contributed by atoms with Crippen molar-refractivity contribution >= 4 is 27.6 Å². The van der Waals surface area contributed by atoms with Gasteiger partial charge in [0.15, 0.2) is 0 Å². The first-order valence-electron chi connectivity index (χ1n) is 4.09. The molecule has 0 aromatic rings. The molecule has 0 aromatic heterocycles. The Hall–Kier alpha value is -0.290. The molecule has 74 valence electrons. The highest BCUT2D eigenvalue weighted by Crippen LogP contribution is 2.39. The van der Waals surface area contributed by atoms with E-state index in [0.29, 0.717) is 11.7 Å². The van der Waals surface area contributed by atoms with E-state index in [1.807, 2.05) is 21.6 Å². The second-order valence-electron chi connectivity index (χ2n) is 2.84. The zero-order chi connectivity index (χ0) is 9.68. The maximum Gasteiger partial charge on any atom is 0.331 e. The fraction of sp³-hybridized carbons (Fsp3) is 0.625. The van der Waals surface area contributed by atoms with Crippen molar-refractivity contribution < 1.29 is 15.0 Å². The summed E-state index contributed by atoms with van der Waals surface area (Å²) in [5, 5.41) is 18.1. The van der Waals surface area contributed by atoms with Crippen LogP contribution in [0.25, 0.3) is 0 Å². The highest BCUT2D eigenvalue weighted by Gasteiger charge is 2.16. The average Bonchev–Trinajstić information content (AvgIpc) is 2.51. The normalized spacial score (nSPS) is 23.4. The maximum absolute atomic E-state index is 10.2.